The SMILES string of the molecule is CCCCC(CC)C(OC(=O)C=CC(=O)O)C(C)C. The molecule has 0 aromatic rings. The standard InChI is InChI=1S/C15H26O4/c1-5-7-8-12(6-2)15(11(3)4)19-14(18)10-9-13(16)17/h9-12,15H,5-8H2,1-4H3,(H,16,17). The van der Waals surface area contributed by atoms with Crippen molar-refractivity contribution < 1.29 is 19.4 Å². The molecule has 0 rings (SSSR count). The summed E-state index contributed by atoms with van der Waals surface area (Å²) in [6.45, 7) is 8.27. The highest BCUT2D eigenvalue weighted by Gasteiger charge is 2.25. The molecule has 0 saturated carbocycles. The summed E-state index contributed by atoms with van der Waals surface area (Å²) in [6, 6.07) is 0. The van der Waals surface area contributed by atoms with Crippen LogP contribution in [0.1, 0.15) is 53.4 Å². The molecule has 4 nitrogen and oxygen atoms in total. The summed E-state index contributed by atoms with van der Waals surface area (Å²) < 4.78 is 5.42. The van der Waals surface area contributed by atoms with Crippen LogP contribution in [0, 0.1) is 11.8 Å². The Morgan fingerprint density at radius 3 is 2.26 bits per heavy atom. The topological polar surface area (TPSA) is 63.6 Å². The zero-order chi connectivity index (χ0) is 14.8. The highest BCUT2D eigenvalue weighted by Crippen LogP contribution is 2.25. The van der Waals surface area contributed by atoms with Gasteiger partial charge in [-0.1, -0.05) is 40.5 Å². The fraction of sp³-hybridized carbons (Fsp3) is 0.733. The molecular formula is C15H26O4. The number of aliphatic carboxylic acids is 1. The second-order valence-electron chi connectivity index (χ2n) is 5.13. The summed E-state index contributed by atoms with van der Waals surface area (Å²) >= 11 is 0. The van der Waals surface area contributed by atoms with Crippen molar-refractivity contribution in [1.82, 2.24) is 0 Å². The Bertz CT molecular complexity index is 307. The highest BCUT2D eigenvalue weighted by atomic mass is 16.5. The van der Waals surface area contributed by atoms with Crippen LogP contribution in [0.15, 0.2) is 12.2 Å². The van der Waals surface area contributed by atoms with Gasteiger partial charge in [0.05, 0.1) is 0 Å². The number of carbonyl (C=O) groups is 2. The smallest absolute Gasteiger partial charge is 0.331 e. The van der Waals surface area contributed by atoms with Gasteiger partial charge in [-0.15, -0.1) is 0 Å². The molecule has 0 spiro atoms. The first-order valence-electron chi connectivity index (χ1n) is 7.03. The van der Waals surface area contributed by atoms with Gasteiger partial charge in [0, 0.05) is 12.2 Å². The zero-order valence-corrected chi connectivity index (χ0v) is 12.4. The Labute approximate surface area is 115 Å². The van der Waals surface area contributed by atoms with Crippen molar-refractivity contribution in [2.75, 3.05) is 0 Å². The van der Waals surface area contributed by atoms with Crippen LogP contribution in [-0.4, -0.2) is 23.1 Å². The first-order valence-corrected chi connectivity index (χ1v) is 7.03. The van der Waals surface area contributed by atoms with Crippen molar-refractivity contribution in [1.29, 1.82) is 0 Å². The third kappa shape index (κ3) is 7.65. The Morgan fingerprint density at radius 1 is 1.21 bits per heavy atom. The van der Waals surface area contributed by atoms with Crippen LogP contribution in [0.5, 0.6) is 0 Å². The largest absolute Gasteiger partial charge is 0.478 e. The van der Waals surface area contributed by atoms with Crippen LogP contribution in [-0.2, 0) is 14.3 Å². The van der Waals surface area contributed by atoms with Crippen LogP contribution in [0.2, 0.25) is 0 Å². The number of ether oxygens (including phenoxy) is 1. The molecule has 2 unspecified atom stereocenters. The molecule has 0 heterocycles. The third-order valence-electron chi connectivity index (χ3n) is 3.19. The molecule has 0 aliphatic rings. The van der Waals surface area contributed by atoms with E-state index in [9.17, 15) is 9.59 Å². The Hall–Kier alpha value is -1.32. The van der Waals surface area contributed by atoms with Gasteiger partial charge in [0.2, 0.25) is 0 Å². The van der Waals surface area contributed by atoms with Crippen LogP contribution < -0.4 is 0 Å². The van der Waals surface area contributed by atoms with Crippen LogP contribution >= 0.6 is 0 Å². The summed E-state index contributed by atoms with van der Waals surface area (Å²) in [4.78, 5) is 21.9. The molecule has 0 amide bonds. The monoisotopic (exact) mass is 270 g/mol. The second-order valence-corrected chi connectivity index (χ2v) is 5.13. The number of carbonyl (C=O) groups excluding carboxylic acids is 1. The second kappa shape index (κ2) is 9.59. The molecule has 0 bridgehead atoms. The summed E-state index contributed by atoms with van der Waals surface area (Å²) in [6.07, 6.45) is 5.86. The van der Waals surface area contributed by atoms with Crippen molar-refractivity contribution in [3.63, 3.8) is 0 Å². The molecule has 0 aromatic carbocycles. The molecule has 0 radical (unpaired) electrons. The van der Waals surface area contributed by atoms with Gasteiger partial charge in [0.1, 0.15) is 6.10 Å². The van der Waals surface area contributed by atoms with Crippen molar-refractivity contribution in [3.05, 3.63) is 12.2 Å². The molecule has 0 aromatic heterocycles. The van der Waals surface area contributed by atoms with Gasteiger partial charge in [-0.2, -0.15) is 0 Å². The number of unbranched alkanes of at least 4 members (excludes halogenated alkanes) is 1. The predicted molar refractivity (Wildman–Crippen MR) is 74.8 cm³/mol. The Morgan fingerprint density at radius 2 is 1.84 bits per heavy atom. The zero-order valence-electron chi connectivity index (χ0n) is 12.4. The summed E-state index contributed by atoms with van der Waals surface area (Å²) in [5, 5.41) is 8.48. The Balaban J connectivity index is 4.62. The van der Waals surface area contributed by atoms with Gasteiger partial charge >= 0.3 is 11.9 Å². The minimum absolute atomic E-state index is 0.150. The molecule has 0 aliphatic carbocycles. The van der Waals surface area contributed by atoms with Gasteiger partial charge in [-0.25, -0.2) is 9.59 Å². The lowest BCUT2D eigenvalue weighted by Gasteiger charge is -2.29. The number of hydrogen-bond acceptors (Lipinski definition) is 3. The molecule has 1 N–H and O–H groups in total. The maximum atomic E-state index is 11.6. The van der Waals surface area contributed by atoms with E-state index >= 15 is 0 Å². The molecule has 0 aliphatic heterocycles. The minimum Gasteiger partial charge on any atom is -0.478 e. The molecular weight excluding hydrogens is 244 g/mol. The van der Waals surface area contributed by atoms with Crippen molar-refractivity contribution >= 4 is 11.9 Å². The number of carboxylic acid groups (broad SMARTS) is 1. The molecule has 2 atom stereocenters. The van der Waals surface area contributed by atoms with Gasteiger partial charge in [-0.05, 0) is 24.7 Å². The van der Waals surface area contributed by atoms with Crippen molar-refractivity contribution in [2.45, 2.75) is 59.5 Å². The fourth-order valence-corrected chi connectivity index (χ4v) is 2.16. The lowest BCUT2D eigenvalue weighted by molar-refractivity contribution is -0.149. The quantitative estimate of drug-likeness (QED) is 0.515. The van der Waals surface area contributed by atoms with E-state index in [2.05, 4.69) is 13.8 Å². The molecule has 0 fully saturated rings. The number of carboxylic acids is 1. The van der Waals surface area contributed by atoms with Gasteiger partial charge in [0.15, 0.2) is 0 Å². The average molecular weight is 270 g/mol. The molecule has 19 heavy (non-hydrogen) atoms. The van der Waals surface area contributed by atoms with E-state index in [-0.39, 0.29) is 12.0 Å². The van der Waals surface area contributed by atoms with E-state index < -0.39 is 11.9 Å². The lowest BCUT2D eigenvalue weighted by atomic mass is 9.87. The third-order valence-corrected chi connectivity index (χ3v) is 3.19. The minimum atomic E-state index is -1.14. The summed E-state index contributed by atoms with van der Waals surface area (Å²) in [5.41, 5.74) is 0. The van der Waals surface area contributed by atoms with Crippen LogP contribution in [0.4, 0.5) is 0 Å². The van der Waals surface area contributed by atoms with Crippen molar-refractivity contribution in [3.8, 4) is 0 Å². The maximum Gasteiger partial charge on any atom is 0.331 e. The number of rotatable bonds is 9. The molecule has 4 heteroatoms. The van der Waals surface area contributed by atoms with E-state index in [0.29, 0.717) is 5.92 Å². The van der Waals surface area contributed by atoms with E-state index in [1.807, 2.05) is 13.8 Å². The lowest BCUT2D eigenvalue weighted by Crippen LogP contribution is -2.31. The van der Waals surface area contributed by atoms with E-state index in [0.717, 1.165) is 37.8 Å². The molecule has 110 valence electrons. The van der Waals surface area contributed by atoms with E-state index in [1.54, 1.807) is 0 Å². The predicted octanol–water partition coefficient (Wildman–Crippen LogP) is 3.41. The summed E-state index contributed by atoms with van der Waals surface area (Å²) in [5.74, 6) is -1.15. The van der Waals surface area contributed by atoms with Crippen LogP contribution in [0.3, 0.4) is 0 Å². The maximum absolute atomic E-state index is 11.6. The average Bonchev–Trinajstić information content (AvgIpc) is 2.35. The first-order chi connectivity index (χ1) is 8.92. The fourth-order valence-electron chi connectivity index (χ4n) is 2.16. The van der Waals surface area contributed by atoms with Gasteiger partial charge in [-0.3, -0.25) is 0 Å². The molecule has 0 saturated heterocycles. The first kappa shape index (κ1) is 17.7. The number of esters is 1. The van der Waals surface area contributed by atoms with Gasteiger partial charge in [0.25, 0.3) is 0 Å². The van der Waals surface area contributed by atoms with Crippen LogP contribution in [0.25, 0.3) is 0 Å². The normalized spacial score (nSPS) is 14.6. The highest BCUT2D eigenvalue weighted by molar-refractivity contribution is 5.90. The van der Waals surface area contributed by atoms with E-state index in [4.69, 9.17) is 9.84 Å². The number of hydrogen-bond donors (Lipinski definition) is 1. The van der Waals surface area contributed by atoms with Crippen molar-refractivity contribution in [2.24, 2.45) is 11.8 Å². The summed E-state index contributed by atoms with van der Waals surface area (Å²) in [7, 11) is 0. The van der Waals surface area contributed by atoms with Gasteiger partial charge < -0.3 is 9.84 Å². The Kier molecular flexibility index (Phi) is 8.92. The van der Waals surface area contributed by atoms with E-state index in [1.165, 1.54) is 0 Å².